The predicted octanol–water partition coefficient (Wildman–Crippen LogP) is 4.14. The third-order valence-corrected chi connectivity index (χ3v) is 4.89. The largest absolute Gasteiger partial charge is 0.447 e. The molecular formula is C13H7BrCl2N2O4. The Labute approximate surface area is 142 Å². The van der Waals surface area contributed by atoms with Gasteiger partial charge in [-0.25, -0.2) is 4.79 Å². The lowest BCUT2D eigenvalue weighted by Gasteiger charge is -2.09. The predicted molar refractivity (Wildman–Crippen MR) is 84.8 cm³/mol. The maximum Gasteiger partial charge on any atom is 0.352 e. The van der Waals surface area contributed by atoms with Crippen molar-refractivity contribution in [1.29, 1.82) is 0 Å². The lowest BCUT2D eigenvalue weighted by atomic mass is 10.1. The van der Waals surface area contributed by atoms with Crippen LogP contribution in [0.2, 0.25) is 0 Å². The van der Waals surface area contributed by atoms with E-state index in [2.05, 4.69) is 15.9 Å². The van der Waals surface area contributed by atoms with Gasteiger partial charge >= 0.3 is 5.97 Å². The van der Waals surface area contributed by atoms with Crippen molar-refractivity contribution in [2.45, 2.75) is 6.10 Å². The van der Waals surface area contributed by atoms with E-state index in [9.17, 15) is 14.9 Å². The van der Waals surface area contributed by atoms with Gasteiger partial charge in [0.1, 0.15) is 5.03 Å². The Hall–Kier alpha value is -1.57. The quantitative estimate of drug-likeness (QED) is 0.427. The average Bonchev–Trinajstić information content (AvgIpc) is 2.90. The second-order valence-electron chi connectivity index (χ2n) is 4.72. The SMILES string of the molecule is Cn1cc(C2OC(=O)C(Cl)=C2Cl)c2cc(Br)c([N+](=O)[O-])cc21. The minimum absolute atomic E-state index is 0.0525. The van der Waals surface area contributed by atoms with Crippen LogP contribution in [0.15, 0.2) is 32.9 Å². The molecule has 2 aromatic rings. The summed E-state index contributed by atoms with van der Waals surface area (Å²) in [6.07, 6.45) is 0.898. The van der Waals surface area contributed by atoms with E-state index in [1.807, 2.05) is 0 Å². The molecule has 0 fully saturated rings. The van der Waals surface area contributed by atoms with Crippen LogP contribution in [0.25, 0.3) is 10.9 Å². The number of aromatic nitrogens is 1. The number of nitro groups is 1. The zero-order valence-corrected chi connectivity index (χ0v) is 14.1. The number of aryl methyl sites for hydroxylation is 1. The van der Waals surface area contributed by atoms with Crippen molar-refractivity contribution in [2.24, 2.45) is 7.05 Å². The maximum absolute atomic E-state index is 11.5. The number of halogens is 3. The van der Waals surface area contributed by atoms with Crippen LogP contribution in [-0.2, 0) is 16.6 Å². The smallest absolute Gasteiger partial charge is 0.352 e. The molecule has 22 heavy (non-hydrogen) atoms. The summed E-state index contributed by atoms with van der Waals surface area (Å²) in [6.45, 7) is 0. The van der Waals surface area contributed by atoms with Crippen molar-refractivity contribution in [1.82, 2.24) is 4.57 Å². The fraction of sp³-hybridized carbons (Fsp3) is 0.154. The van der Waals surface area contributed by atoms with Crippen LogP contribution in [0.3, 0.4) is 0 Å². The summed E-state index contributed by atoms with van der Waals surface area (Å²) in [7, 11) is 1.74. The van der Waals surface area contributed by atoms with Crippen LogP contribution in [-0.4, -0.2) is 15.5 Å². The van der Waals surface area contributed by atoms with E-state index in [1.165, 1.54) is 6.07 Å². The molecule has 9 heteroatoms. The molecule has 0 N–H and O–H groups in total. The fourth-order valence-corrected chi connectivity index (χ4v) is 3.26. The number of nitro benzene ring substituents is 1. The highest BCUT2D eigenvalue weighted by Crippen LogP contribution is 2.43. The number of cyclic esters (lactones) is 1. The molecule has 0 amide bonds. The lowest BCUT2D eigenvalue weighted by molar-refractivity contribution is -0.385. The van der Waals surface area contributed by atoms with Crippen LogP contribution in [0.4, 0.5) is 5.69 Å². The molecule has 3 rings (SSSR count). The first-order valence-corrected chi connectivity index (χ1v) is 7.55. The zero-order valence-electron chi connectivity index (χ0n) is 11.0. The van der Waals surface area contributed by atoms with Gasteiger partial charge in [-0.3, -0.25) is 10.1 Å². The summed E-state index contributed by atoms with van der Waals surface area (Å²) in [4.78, 5) is 22.1. The van der Waals surface area contributed by atoms with Crippen LogP contribution in [0, 0.1) is 10.1 Å². The minimum atomic E-state index is -0.807. The fourth-order valence-electron chi connectivity index (χ4n) is 2.39. The highest BCUT2D eigenvalue weighted by atomic mass is 79.9. The molecule has 114 valence electrons. The Morgan fingerprint density at radius 1 is 1.41 bits per heavy atom. The van der Waals surface area contributed by atoms with E-state index in [0.29, 0.717) is 20.9 Å². The highest BCUT2D eigenvalue weighted by Gasteiger charge is 2.35. The molecule has 1 aromatic carbocycles. The molecular weight excluding hydrogens is 399 g/mol. The molecule has 0 aliphatic carbocycles. The maximum atomic E-state index is 11.5. The van der Waals surface area contributed by atoms with E-state index in [0.717, 1.165) is 0 Å². The van der Waals surface area contributed by atoms with Crippen LogP contribution in [0.1, 0.15) is 11.7 Å². The van der Waals surface area contributed by atoms with Crippen molar-refractivity contribution in [3.8, 4) is 0 Å². The molecule has 6 nitrogen and oxygen atoms in total. The first kappa shape index (κ1) is 15.3. The number of fused-ring (bicyclic) bond motifs is 1. The van der Waals surface area contributed by atoms with Crippen LogP contribution < -0.4 is 0 Å². The summed E-state index contributed by atoms with van der Waals surface area (Å²) < 4.78 is 7.20. The van der Waals surface area contributed by atoms with Gasteiger partial charge in [-0.05, 0) is 22.0 Å². The molecule has 1 aliphatic rings. The van der Waals surface area contributed by atoms with Crippen molar-refractivity contribution in [3.63, 3.8) is 0 Å². The molecule has 0 bridgehead atoms. The van der Waals surface area contributed by atoms with Gasteiger partial charge in [0.15, 0.2) is 6.10 Å². The summed E-state index contributed by atoms with van der Waals surface area (Å²) in [5, 5.41) is 11.7. The van der Waals surface area contributed by atoms with Crippen LogP contribution >= 0.6 is 39.1 Å². The van der Waals surface area contributed by atoms with Crippen molar-refractivity contribution in [2.75, 3.05) is 0 Å². The van der Waals surface area contributed by atoms with Gasteiger partial charge in [0.25, 0.3) is 5.69 Å². The minimum Gasteiger partial charge on any atom is -0.447 e. The van der Waals surface area contributed by atoms with Gasteiger partial charge < -0.3 is 9.30 Å². The Balaban J connectivity index is 2.23. The Bertz CT molecular complexity index is 875. The van der Waals surface area contributed by atoms with Gasteiger partial charge in [-0.2, -0.15) is 0 Å². The zero-order chi connectivity index (χ0) is 16.2. The van der Waals surface area contributed by atoms with Gasteiger partial charge in [-0.1, -0.05) is 23.2 Å². The third kappa shape index (κ3) is 2.20. The first-order chi connectivity index (χ1) is 10.3. The van der Waals surface area contributed by atoms with Gasteiger partial charge in [-0.15, -0.1) is 0 Å². The number of carbonyl (C=O) groups excluding carboxylic acids is 1. The number of carbonyl (C=O) groups is 1. The molecule has 0 saturated carbocycles. The molecule has 2 heterocycles. The van der Waals surface area contributed by atoms with E-state index >= 15 is 0 Å². The summed E-state index contributed by atoms with van der Waals surface area (Å²) in [5.41, 5.74) is 1.18. The Kier molecular flexibility index (Phi) is 3.66. The number of rotatable bonds is 2. The number of esters is 1. The molecule has 0 spiro atoms. The third-order valence-electron chi connectivity index (χ3n) is 3.41. The van der Waals surface area contributed by atoms with Crippen LogP contribution in [0.5, 0.6) is 0 Å². The van der Waals surface area contributed by atoms with E-state index in [-0.39, 0.29) is 15.8 Å². The van der Waals surface area contributed by atoms with Crippen molar-refractivity contribution < 1.29 is 14.5 Å². The standard InChI is InChI=1S/C13H7BrCl2N2O4/c1-17-4-6(12-10(15)11(16)13(19)22-12)5-2-7(14)9(18(20)21)3-8(5)17/h2-4,12H,1H3. The first-order valence-electron chi connectivity index (χ1n) is 6.00. The average molecular weight is 406 g/mol. The number of hydrogen-bond acceptors (Lipinski definition) is 4. The van der Waals surface area contributed by atoms with E-state index in [1.54, 1.807) is 23.9 Å². The molecule has 1 aromatic heterocycles. The number of hydrogen-bond donors (Lipinski definition) is 0. The van der Waals surface area contributed by atoms with E-state index in [4.69, 9.17) is 27.9 Å². The highest BCUT2D eigenvalue weighted by molar-refractivity contribution is 9.10. The normalized spacial score (nSPS) is 18.2. The summed E-state index contributed by atoms with van der Waals surface area (Å²) >= 11 is 15.0. The molecule has 1 atom stereocenters. The Morgan fingerprint density at radius 3 is 2.64 bits per heavy atom. The topological polar surface area (TPSA) is 74.4 Å². The second-order valence-corrected chi connectivity index (χ2v) is 6.36. The lowest BCUT2D eigenvalue weighted by Crippen LogP contribution is -2.01. The van der Waals surface area contributed by atoms with E-state index < -0.39 is 17.0 Å². The number of nitrogens with zero attached hydrogens (tertiary/aromatic N) is 2. The second kappa shape index (κ2) is 5.26. The van der Waals surface area contributed by atoms with Gasteiger partial charge in [0.05, 0.1) is 19.9 Å². The van der Waals surface area contributed by atoms with Crippen molar-refractivity contribution >= 4 is 61.7 Å². The van der Waals surface area contributed by atoms with Gasteiger partial charge in [0.2, 0.25) is 0 Å². The summed E-state index contributed by atoms with van der Waals surface area (Å²) in [5.74, 6) is -0.686. The van der Waals surface area contributed by atoms with Crippen molar-refractivity contribution in [3.05, 3.63) is 48.5 Å². The molecule has 0 saturated heterocycles. The van der Waals surface area contributed by atoms with Gasteiger partial charge in [0, 0.05) is 30.3 Å². The number of benzene rings is 1. The molecule has 1 aliphatic heterocycles. The Morgan fingerprint density at radius 2 is 2.09 bits per heavy atom. The molecule has 0 radical (unpaired) electrons. The summed E-state index contributed by atoms with van der Waals surface area (Å²) in [6, 6.07) is 3.05. The number of ether oxygens (including phenoxy) is 1. The molecule has 1 unspecified atom stereocenters. The monoisotopic (exact) mass is 404 g/mol.